The van der Waals surface area contributed by atoms with Crippen molar-refractivity contribution in [1.29, 1.82) is 0 Å². The maximum absolute atomic E-state index is 5.50. The van der Waals surface area contributed by atoms with Crippen LogP contribution < -0.4 is 20.1 Å². The number of aromatic amines is 1. The van der Waals surface area contributed by atoms with Crippen LogP contribution in [0.15, 0.2) is 29.5 Å². The molecule has 0 aliphatic heterocycles. The van der Waals surface area contributed by atoms with E-state index >= 15 is 0 Å². The zero-order valence-corrected chi connectivity index (χ0v) is 18.9. The first-order chi connectivity index (χ1) is 15.2. The van der Waals surface area contributed by atoms with E-state index in [1.165, 1.54) is 0 Å². The van der Waals surface area contributed by atoms with Crippen LogP contribution >= 0.6 is 0 Å². The number of guanidine groups is 1. The second kappa shape index (κ2) is 11.2. The Bertz CT molecular complexity index is 993. The molecule has 0 fully saturated rings. The van der Waals surface area contributed by atoms with Gasteiger partial charge in [-0.15, -0.1) is 10.2 Å². The minimum absolute atomic E-state index is 0.734. The van der Waals surface area contributed by atoms with Gasteiger partial charge in [0.15, 0.2) is 5.96 Å². The normalized spacial score (nSPS) is 11.7. The third-order valence-electron chi connectivity index (χ3n) is 5.06. The molecule has 0 unspecified atom stereocenters. The Labute approximate surface area is 183 Å². The van der Waals surface area contributed by atoms with Crippen LogP contribution in [0.3, 0.4) is 0 Å². The highest BCUT2D eigenvalue weighted by atomic mass is 16.5. The molecule has 0 atom stereocenters. The molecule has 2 aromatic heterocycles. The number of fused-ring (bicyclic) bond motifs is 1. The number of aliphatic imine (C=N–C) groups is 1. The molecule has 1 aromatic carbocycles. The van der Waals surface area contributed by atoms with Gasteiger partial charge in [0.2, 0.25) is 0 Å². The minimum Gasteiger partial charge on any atom is -0.497 e. The number of nitrogens with one attached hydrogen (secondary N) is 3. The average molecular weight is 428 g/mol. The first kappa shape index (κ1) is 22.5. The van der Waals surface area contributed by atoms with E-state index in [9.17, 15) is 0 Å². The summed E-state index contributed by atoms with van der Waals surface area (Å²) in [6.45, 7) is 7.28. The number of aryl methyl sites for hydroxylation is 2. The molecule has 0 aliphatic carbocycles. The number of benzene rings is 1. The van der Waals surface area contributed by atoms with Crippen molar-refractivity contribution < 1.29 is 9.47 Å². The van der Waals surface area contributed by atoms with Crippen LogP contribution in [0.25, 0.3) is 10.9 Å². The molecule has 3 aromatic rings. The molecule has 9 heteroatoms. The first-order valence-electron chi connectivity index (χ1n) is 10.8. The number of rotatable bonds is 11. The van der Waals surface area contributed by atoms with Gasteiger partial charge >= 0.3 is 0 Å². The predicted molar refractivity (Wildman–Crippen MR) is 123 cm³/mol. The third kappa shape index (κ3) is 5.90. The number of hydrogen-bond acceptors (Lipinski definition) is 5. The highest BCUT2D eigenvalue weighted by Crippen LogP contribution is 2.31. The minimum atomic E-state index is 0.734. The lowest BCUT2D eigenvalue weighted by Gasteiger charge is -2.12. The lowest BCUT2D eigenvalue weighted by atomic mass is 10.2. The SMILES string of the molecule is CCNC(=NCCCc1cc2c(OC)cc(OC)cc2[nH]1)NCCn1cnnc1CC. The molecule has 3 N–H and O–H groups in total. The van der Waals surface area contributed by atoms with Crippen molar-refractivity contribution in [3.63, 3.8) is 0 Å². The quantitative estimate of drug-likeness (QED) is 0.247. The van der Waals surface area contributed by atoms with Crippen molar-refractivity contribution in [2.45, 2.75) is 39.7 Å². The maximum atomic E-state index is 5.50. The van der Waals surface area contributed by atoms with Crippen molar-refractivity contribution in [3.05, 3.63) is 36.0 Å². The molecule has 0 radical (unpaired) electrons. The van der Waals surface area contributed by atoms with E-state index in [0.717, 1.165) is 85.3 Å². The average Bonchev–Trinajstić information content (AvgIpc) is 3.41. The van der Waals surface area contributed by atoms with Crippen molar-refractivity contribution in [3.8, 4) is 11.5 Å². The van der Waals surface area contributed by atoms with Crippen LogP contribution in [0.2, 0.25) is 0 Å². The van der Waals surface area contributed by atoms with Crippen LogP contribution in [0.4, 0.5) is 0 Å². The summed E-state index contributed by atoms with van der Waals surface area (Å²) in [5.41, 5.74) is 2.18. The zero-order chi connectivity index (χ0) is 22.1. The number of ether oxygens (including phenoxy) is 2. The fraction of sp³-hybridized carbons (Fsp3) is 0.500. The number of hydrogen-bond donors (Lipinski definition) is 3. The zero-order valence-electron chi connectivity index (χ0n) is 18.9. The Balaban J connectivity index is 1.52. The first-order valence-corrected chi connectivity index (χ1v) is 10.8. The van der Waals surface area contributed by atoms with E-state index < -0.39 is 0 Å². The van der Waals surface area contributed by atoms with Crippen LogP contribution in [-0.2, 0) is 19.4 Å². The Kier molecular flexibility index (Phi) is 8.14. The van der Waals surface area contributed by atoms with Crippen molar-refractivity contribution >= 4 is 16.9 Å². The van der Waals surface area contributed by atoms with Gasteiger partial charge in [0.05, 0.1) is 19.7 Å². The summed E-state index contributed by atoms with van der Waals surface area (Å²) in [5.74, 6) is 3.42. The molecular weight excluding hydrogens is 394 g/mol. The fourth-order valence-electron chi connectivity index (χ4n) is 3.49. The fourth-order valence-corrected chi connectivity index (χ4v) is 3.49. The molecule has 0 saturated carbocycles. The van der Waals surface area contributed by atoms with Crippen molar-refractivity contribution in [2.75, 3.05) is 33.9 Å². The Morgan fingerprint density at radius 2 is 2.03 bits per heavy atom. The topological polar surface area (TPSA) is 101 Å². The molecule has 3 rings (SSSR count). The molecule has 0 aliphatic rings. The summed E-state index contributed by atoms with van der Waals surface area (Å²) < 4.78 is 12.9. The Hall–Kier alpha value is -3.23. The standard InChI is InChI=1S/C22H33N7O2/c1-5-21-28-26-15-29(21)11-10-25-22(23-6-2)24-9-7-8-16-12-18-19(27-16)13-17(30-3)14-20(18)31-4/h12-15,27H,5-11H2,1-4H3,(H2,23,24,25). The van der Waals surface area contributed by atoms with E-state index in [-0.39, 0.29) is 0 Å². The summed E-state index contributed by atoms with van der Waals surface area (Å²) in [7, 11) is 3.34. The summed E-state index contributed by atoms with van der Waals surface area (Å²) >= 11 is 0. The summed E-state index contributed by atoms with van der Waals surface area (Å²) in [6, 6.07) is 6.04. The molecule has 0 saturated heterocycles. The van der Waals surface area contributed by atoms with Gasteiger partial charge in [0.1, 0.15) is 23.7 Å². The van der Waals surface area contributed by atoms with Gasteiger partial charge in [-0.1, -0.05) is 6.92 Å². The van der Waals surface area contributed by atoms with Gasteiger partial charge in [0, 0.05) is 55.8 Å². The molecule has 9 nitrogen and oxygen atoms in total. The predicted octanol–water partition coefficient (Wildman–Crippen LogP) is 2.53. The Morgan fingerprint density at radius 1 is 1.16 bits per heavy atom. The number of nitrogens with zero attached hydrogens (tertiary/aromatic N) is 4. The molecule has 0 spiro atoms. The monoisotopic (exact) mass is 427 g/mol. The molecule has 2 heterocycles. The second-order valence-electron chi connectivity index (χ2n) is 7.17. The van der Waals surface area contributed by atoms with Gasteiger partial charge in [-0.25, -0.2) is 0 Å². The van der Waals surface area contributed by atoms with E-state index in [2.05, 4.69) is 50.3 Å². The van der Waals surface area contributed by atoms with Crippen LogP contribution in [0.5, 0.6) is 11.5 Å². The summed E-state index contributed by atoms with van der Waals surface area (Å²) in [4.78, 5) is 8.16. The van der Waals surface area contributed by atoms with E-state index in [1.54, 1.807) is 20.5 Å². The molecule has 0 bridgehead atoms. The van der Waals surface area contributed by atoms with Gasteiger partial charge in [-0.3, -0.25) is 4.99 Å². The second-order valence-corrected chi connectivity index (χ2v) is 7.17. The van der Waals surface area contributed by atoms with Crippen LogP contribution in [-0.4, -0.2) is 59.6 Å². The number of aromatic nitrogens is 4. The molecule has 31 heavy (non-hydrogen) atoms. The van der Waals surface area contributed by atoms with E-state index in [0.29, 0.717) is 0 Å². The maximum Gasteiger partial charge on any atom is 0.191 e. The number of methoxy groups -OCH3 is 2. The molecular formula is C22H33N7O2. The largest absolute Gasteiger partial charge is 0.497 e. The van der Waals surface area contributed by atoms with Gasteiger partial charge in [-0.05, 0) is 25.8 Å². The van der Waals surface area contributed by atoms with Crippen molar-refractivity contribution in [2.24, 2.45) is 4.99 Å². The summed E-state index contributed by atoms with van der Waals surface area (Å²) in [6.07, 6.45) is 4.49. The van der Waals surface area contributed by atoms with Gasteiger partial charge < -0.3 is 29.7 Å². The molecule has 0 amide bonds. The number of H-pyrrole nitrogens is 1. The third-order valence-corrected chi connectivity index (χ3v) is 5.06. The highest BCUT2D eigenvalue weighted by molar-refractivity contribution is 5.88. The lowest BCUT2D eigenvalue weighted by Crippen LogP contribution is -2.39. The highest BCUT2D eigenvalue weighted by Gasteiger charge is 2.09. The van der Waals surface area contributed by atoms with Gasteiger partial charge in [0.25, 0.3) is 0 Å². The van der Waals surface area contributed by atoms with Crippen LogP contribution in [0, 0.1) is 0 Å². The molecule has 168 valence electrons. The summed E-state index contributed by atoms with van der Waals surface area (Å²) in [5, 5.41) is 15.8. The smallest absolute Gasteiger partial charge is 0.191 e. The van der Waals surface area contributed by atoms with Crippen molar-refractivity contribution in [1.82, 2.24) is 30.4 Å². The van der Waals surface area contributed by atoms with E-state index in [1.807, 2.05) is 12.1 Å². The lowest BCUT2D eigenvalue weighted by molar-refractivity contribution is 0.398. The van der Waals surface area contributed by atoms with Gasteiger partial charge in [-0.2, -0.15) is 0 Å². The van der Waals surface area contributed by atoms with Crippen LogP contribution in [0.1, 0.15) is 31.8 Å². The van der Waals surface area contributed by atoms with E-state index in [4.69, 9.17) is 14.5 Å². The Morgan fingerprint density at radius 3 is 2.77 bits per heavy atom.